The van der Waals surface area contributed by atoms with E-state index in [0.717, 1.165) is 13.0 Å². The lowest BCUT2D eigenvalue weighted by Crippen LogP contribution is -2.08. The van der Waals surface area contributed by atoms with E-state index < -0.39 is 5.97 Å². The number of aromatic carboxylic acids is 1. The number of aromatic nitrogens is 1. The molecule has 0 radical (unpaired) electrons. The summed E-state index contributed by atoms with van der Waals surface area (Å²) in [6.07, 6.45) is 6.86. The van der Waals surface area contributed by atoms with Gasteiger partial charge in [-0.25, -0.2) is 9.78 Å². The molecule has 100 valence electrons. The Balaban J connectivity index is 2.36. The van der Waals surface area contributed by atoms with Crippen LogP contribution in [-0.4, -0.2) is 34.6 Å². The average Bonchev–Trinajstić information content (AvgIpc) is 2.35. The van der Waals surface area contributed by atoms with Crippen LogP contribution >= 0.6 is 11.8 Å². The molecule has 4 N–H and O–H groups in total. The maximum absolute atomic E-state index is 10.7. The third-order valence-corrected chi connectivity index (χ3v) is 3.18. The Morgan fingerprint density at radius 2 is 2.28 bits per heavy atom. The van der Waals surface area contributed by atoms with Gasteiger partial charge < -0.3 is 16.2 Å². The second-order valence-corrected chi connectivity index (χ2v) is 4.93. The molecule has 5 nitrogen and oxygen atoms in total. The standard InChI is InChI=1S/C12H19N3O2S/c1-18-6-4-2-3-5-14-11-10(13)7-9(8-15-11)12(16)17/h7-8H,2-6,13H2,1H3,(H,14,15)(H,16,17). The lowest BCUT2D eigenvalue weighted by Gasteiger charge is -2.08. The monoisotopic (exact) mass is 269 g/mol. The minimum Gasteiger partial charge on any atom is -0.478 e. The number of carboxylic acid groups (broad SMARTS) is 1. The van der Waals surface area contributed by atoms with Gasteiger partial charge in [-0.2, -0.15) is 11.8 Å². The summed E-state index contributed by atoms with van der Waals surface area (Å²) in [5.41, 5.74) is 6.21. The van der Waals surface area contributed by atoms with Crippen LogP contribution in [0.1, 0.15) is 29.6 Å². The fraction of sp³-hybridized carbons (Fsp3) is 0.500. The van der Waals surface area contributed by atoms with Crippen LogP contribution in [0.5, 0.6) is 0 Å². The summed E-state index contributed by atoms with van der Waals surface area (Å²) in [6, 6.07) is 1.42. The van der Waals surface area contributed by atoms with Crippen molar-refractivity contribution in [2.45, 2.75) is 19.3 Å². The zero-order chi connectivity index (χ0) is 13.4. The maximum Gasteiger partial charge on any atom is 0.337 e. The number of hydrogen-bond donors (Lipinski definition) is 3. The summed E-state index contributed by atoms with van der Waals surface area (Å²) in [5.74, 6) is 0.732. The van der Waals surface area contributed by atoms with Gasteiger partial charge >= 0.3 is 5.97 Å². The van der Waals surface area contributed by atoms with Crippen molar-refractivity contribution in [1.29, 1.82) is 0 Å². The molecule has 1 rings (SSSR count). The molecule has 18 heavy (non-hydrogen) atoms. The highest BCUT2D eigenvalue weighted by Gasteiger charge is 2.06. The Bertz CT molecular complexity index is 399. The van der Waals surface area contributed by atoms with E-state index in [-0.39, 0.29) is 5.56 Å². The van der Waals surface area contributed by atoms with Crippen molar-refractivity contribution in [2.24, 2.45) is 0 Å². The predicted molar refractivity (Wildman–Crippen MR) is 76.3 cm³/mol. The second-order valence-electron chi connectivity index (χ2n) is 3.95. The Morgan fingerprint density at radius 1 is 1.50 bits per heavy atom. The van der Waals surface area contributed by atoms with Crippen LogP contribution in [0.25, 0.3) is 0 Å². The van der Waals surface area contributed by atoms with E-state index in [1.54, 1.807) is 0 Å². The van der Waals surface area contributed by atoms with Crippen molar-refractivity contribution < 1.29 is 9.90 Å². The highest BCUT2D eigenvalue weighted by molar-refractivity contribution is 7.98. The lowest BCUT2D eigenvalue weighted by molar-refractivity contribution is 0.0696. The summed E-state index contributed by atoms with van der Waals surface area (Å²) in [5, 5.41) is 11.9. The first-order chi connectivity index (χ1) is 8.65. The van der Waals surface area contributed by atoms with Gasteiger partial charge in [0.05, 0.1) is 11.3 Å². The van der Waals surface area contributed by atoms with Crippen molar-refractivity contribution in [3.8, 4) is 0 Å². The number of pyridine rings is 1. The van der Waals surface area contributed by atoms with Crippen LogP contribution in [0.4, 0.5) is 11.5 Å². The van der Waals surface area contributed by atoms with Crippen LogP contribution < -0.4 is 11.1 Å². The zero-order valence-electron chi connectivity index (χ0n) is 10.5. The maximum atomic E-state index is 10.7. The normalized spacial score (nSPS) is 10.3. The number of unbranched alkanes of at least 4 members (excludes halogenated alkanes) is 2. The molecule has 0 amide bonds. The summed E-state index contributed by atoms with van der Waals surface area (Å²) < 4.78 is 0. The van der Waals surface area contributed by atoms with Crippen molar-refractivity contribution >= 4 is 29.2 Å². The molecule has 1 heterocycles. The third kappa shape index (κ3) is 4.83. The number of carbonyl (C=O) groups is 1. The van der Waals surface area contributed by atoms with E-state index in [9.17, 15) is 4.79 Å². The molecular weight excluding hydrogens is 250 g/mol. The summed E-state index contributed by atoms with van der Waals surface area (Å²) in [4.78, 5) is 14.7. The smallest absolute Gasteiger partial charge is 0.337 e. The molecule has 0 saturated heterocycles. The predicted octanol–water partition coefficient (Wildman–Crippen LogP) is 2.31. The van der Waals surface area contributed by atoms with Gasteiger partial charge in [0.1, 0.15) is 5.82 Å². The average molecular weight is 269 g/mol. The van der Waals surface area contributed by atoms with Gasteiger partial charge in [-0.3, -0.25) is 0 Å². The largest absolute Gasteiger partial charge is 0.478 e. The summed E-state index contributed by atoms with van der Waals surface area (Å²) >= 11 is 1.85. The van der Waals surface area contributed by atoms with Gasteiger partial charge in [-0.15, -0.1) is 0 Å². The Kier molecular flexibility index (Phi) is 6.35. The number of carboxylic acids is 1. The first-order valence-electron chi connectivity index (χ1n) is 5.86. The van der Waals surface area contributed by atoms with Crippen LogP contribution in [0.15, 0.2) is 12.3 Å². The second kappa shape index (κ2) is 7.81. The molecule has 6 heteroatoms. The molecule has 0 aliphatic carbocycles. The number of nitrogens with one attached hydrogen (secondary N) is 1. The van der Waals surface area contributed by atoms with Crippen LogP contribution in [-0.2, 0) is 0 Å². The number of rotatable bonds is 8. The zero-order valence-corrected chi connectivity index (χ0v) is 11.3. The van der Waals surface area contributed by atoms with Crippen LogP contribution in [0.3, 0.4) is 0 Å². The molecule has 0 bridgehead atoms. The number of anilines is 2. The SMILES string of the molecule is CSCCCCCNc1ncc(C(=O)O)cc1N. The molecule has 0 aromatic carbocycles. The Hall–Kier alpha value is -1.43. The van der Waals surface area contributed by atoms with Gasteiger partial charge in [-0.1, -0.05) is 6.42 Å². The van der Waals surface area contributed by atoms with Gasteiger partial charge in [-0.05, 0) is 30.9 Å². The quantitative estimate of drug-likeness (QED) is 0.628. The molecular formula is C12H19N3O2S. The third-order valence-electron chi connectivity index (χ3n) is 2.48. The van der Waals surface area contributed by atoms with Crippen molar-refractivity contribution in [3.05, 3.63) is 17.8 Å². The molecule has 0 aliphatic heterocycles. The summed E-state index contributed by atoms with van der Waals surface area (Å²) in [7, 11) is 0. The topological polar surface area (TPSA) is 88.2 Å². The molecule has 0 saturated carbocycles. The van der Waals surface area contributed by atoms with E-state index >= 15 is 0 Å². The lowest BCUT2D eigenvalue weighted by atomic mass is 10.2. The molecule has 1 aromatic rings. The number of nitrogens with two attached hydrogens (primary N) is 1. The Labute approximate surface area is 111 Å². The fourth-order valence-corrected chi connectivity index (χ4v) is 1.99. The first-order valence-corrected chi connectivity index (χ1v) is 7.26. The van der Waals surface area contributed by atoms with E-state index in [1.165, 1.54) is 30.9 Å². The minimum atomic E-state index is -1.02. The van der Waals surface area contributed by atoms with Crippen molar-refractivity contribution in [1.82, 2.24) is 4.98 Å². The molecule has 1 aromatic heterocycles. The Morgan fingerprint density at radius 3 is 2.89 bits per heavy atom. The minimum absolute atomic E-state index is 0.109. The first kappa shape index (κ1) is 14.6. The van der Waals surface area contributed by atoms with Crippen molar-refractivity contribution in [2.75, 3.05) is 29.6 Å². The van der Waals surface area contributed by atoms with E-state index in [1.807, 2.05) is 11.8 Å². The van der Waals surface area contributed by atoms with Crippen LogP contribution in [0.2, 0.25) is 0 Å². The fourth-order valence-electron chi connectivity index (χ4n) is 1.50. The summed E-state index contributed by atoms with van der Waals surface area (Å²) in [6.45, 7) is 0.804. The number of hydrogen-bond acceptors (Lipinski definition) is 5. The number of thioether (sulfide) groups is 1. The van der Waals surface area contributed by atoms with Gasteiger partial charge in [0.25, 0.3) is 0 Å². The molecule has 0 spiro atoms. The van der Waals surface area contributed by atoms with E-state index in [0.29, 0.717) is 11.5 Å². The molecule has 0 atom stereocenters. The number of nitrogen functional groups attached to an aromatic ring is 1. The van der Waals surface area contributed by atoms with E-state index in [4.69, 9.17) is 10.8 Å². The van der Waals surface area contributed by atoms with Gasteiger partial charge in [0.15, 0.2) is 0 Å². The molecule has 0 aliphatic rings. The van der Waals surface area contributed by atoms with Gasteiger partial charge in [0, 0.05) is 12.7 Å². The van der Waals surface area contributed by atoms with Crippen LogP contribution in [0, 0.1) is 0 Å². The molecule has 0 fully saturated rings. The molecule has 0 unspecified atom stereocenters. The number of nitrogens with zero attached hydrogens (tertiary/aromatic N) is 1. The van der Waals surface area contributed by atoms with Gasteiger partial charge in [0.2, 0.25) is 0 Å². The highest BCUT2D eigenvalue weighted by atomic mass is 32.2. The van der Waals surface area contributed by atoms with E-state index in [2.05, 4.69) is 16.6 Å². The highest BCUT2D eigenvalue weighted by Crippen LogP contribution is 2.16. The van der Waals surface area contributed by atoms with Crippen molar-refractivity contribution in [3.63, 3.8) is 0 Å².